The molecule has 0 saturated carbocycles. The van der Waals surface area contributed by atoms with Crippen molar-refractivity contribution < 1.29 is 9.90 Å². The summed E-state index contributed by atoms with van der Waals surface area (Å²) >= 11 is 5.17. The van der Waals surface area contributed by atoms with E-state index in [4.69, 9.17) is 0 Å². The number of thioether (sulfide) groups is 1. The fourth-order valence-corrected chi connectivity index (χ4v) is 3.26. The van der Waals surface area contributed by atoms with Gasteiger partial charge in [-0.25, -0.2) is 0 Å². The molecule has 1 saturated heterocycles. The Balaban J connectivity index is 2.03. The molecule has 5 heteroatoms. The molecule has 1 fully saturated rings. The van der Waals surface area contributed by atoms with Crippen LogP contribution in [-0.2, 0) is 0 Å². The molecular formula is C12H14BrNO2S. The molecule has 1 aliphatic heterocycles. The topological polar surface area (TPSA) is 49.3 Å². The van der Waals surface area contributed by atoms with E-state index in [2.05, 4.69) is 21.2 Å². The molecular weight excluding hydrogens is 302 g/mol. The first-order valence-corrected chi connectivity index (χ1v) is 7.48. The number of carbonyl (C=O) groups is 1. The van der Waals surface area contributed by atoms with Gasteiger partial charge in [0.1, 0.15) is 5.75 Å². The third-order valence-corrected chi connectivity index (χ3v) is 4.30. The van der Waals surface area contributed by atoms with Gasteiger partial charge in [0.05, 0.1) is 5.56 Å². The van der Waals surface area contributed by atoms with Crippen molar-refractivity contribution in [1.82, 2.24) is 5.32 Å². The summed E-state index contributed by atoms with van der Waals surface area (Å²) in [5.41, 5.74) is 0.339. The maximum Gasteiger partial charge on any atom is 0.255 e. The van der Waals surface area contributed by atoms with Crippen molar-refractivity contribution in [2.75, 3.05) is 11.5 Å². The zero-order valence-electron chi connectivity index (χ0n) is 9.28. The van der Waals surface area contributed by atoms with E-state index in [0.717, 1.165) is 28.8 Å². The minimum absolute atomic E-state index is 0.0158. The first-order valence-electron chi connectivity index (χ1n) is 5.54. The second-order valence-corrected chi connectivity index (χ2v) is 6.16. The highest BCUT2D eigenvalue weighted by atomic mass is 79.9. The highest BCUT2D eigenvalue weighted by molar-refractivity contribution is 9.10. The molecule has 1 aromatic carbocycles. The maximum atomic E-state index is 12.0. The lowest BCUT2D eigenvalue weighted by Crippen LogP contribution is -2.37. The Morgan fingerprint density at radius 3 is 2.76 bits per heavy atom. The summed E-state index contributed by atoms with van der Waals surface area (Å²) in [6, 6.07) is 5.16. The fourth-order valence-electron chi connectivity index (χ4n) is 1.80. The Labute approximate surface area is 113 Å². The number of phenolic OH excluding ortho intramolecular Hbond substituents is 1. The Hall–Kier alpha value is -0.680. The first kappa shape index (κ1) is 12.8. The second-order valence-electron chi connectivity index (χ2n) is 4.02. The van der Waals surface area contributed by atoms with Crippen LogP contribution >= 0.6 is 27.7 Å². The Morgan fingerprint density at radius 1 is 1.41 bits per heavy atom. The van der Waals surface area contributed by atoms with Gasteiger partial charge < -0.3 is 10.4 Å². The van der Waals surface area contributed by atoms with E-state index in [9.17, 15) is 9.90 Å². The lowest BCUT2D eigenvalue weighted by atomic mass is 10.1. The van der Waals surface area contributed by atoms with Crippen molar-refractivity contribution in [3.63, 3.8) is 0 Å². The summed E-state index contributed by atoms with van der Waals surface area (Å²) in [6.07, 6.45) is 2.02. The summed E-state index contributed by atoms with van der Waals surface area (Å²) in [5.74, 6) is 2.02. The summed E-state index contributed by atoms with van der Waals surface area (Å²) in [4.78, 5) is 12.0. The molecule has 0 aliphatic carbocycles. The van der Waals surface area contributed by atoms with Crippen LogP contribution in [0.25, 0.3) is 0 Å². The first-order chi connectivity index (χ1) is 8.16. The maximum absolute atomic E-state index is 12.0. The van der Waals surface area contributed by atoms with E-state index in [0.29, 0.717) is 5.56 Å². The highest BCUT2D eigenvalue weighted by Gasteiger charge is 2.18. The molecule has 2 rings (SSSR count). The van der Waals surface area contributed by atoms with Crippen LogP contribution in [0.15, 0.2) is 22.7 Å². The zero-order chi connectivity index (χ0) is 12.3. The number of hydrogen-bond acceptors (Lipinski definition) is 3. The third kappa shape index (κ3) is 3.39. The number of rotatable bonds is 2. The highest BCUT2D eigenvalue weighted by Crippen LogP contribution is 2.23. The molecule has 3 nitrogen and oxygen atoms in total. The van der Waals surface area contributed by atoms with E-state index in [-0.39, 0.29) is 17.7 Å². The number of amides is 1. The number of halogens is 1. The molecule has 1 heterocycles. The van der Waals surface area contributed by atoms with Crippen LogP contribution in [0.1, 0.15) is 23.2 Å². The predicted molar refractivity (Wildman–Crippen MR) is 73.6 cm³/mol. The van der Waals surface area contributed by atoms with Gasteiger partial charge in [-0.1, -0.05) is 15.9 Å². The van der Waals surface area contributed by atoms with E-state index >= 15 is 0 Å². The SMILES string of the molecule is O=C(NC1CCSCC1)c1ccc(Br)cc1O. The molecule has 0 atom stereocenters. The molecule has 0 bridgehead atoms. The molecule has 92 valence electrons. The molecule has 0 spiro atoms. The lowest BCUT2D eigenvalue weighted by Gasteiger charge is -2.22. The molecule has 1 aromatic rings. The van der Waals surface area contributed by atoms with Gasteiger partial charge in [0.25, 0.3) is 5.91 Å². The molecule has 2 N–H and O–H groups in total. The van der Waals surface area contributed by atoms with Gasteiger partial charge in [0, 0.05) is 10.5 Å². The average molecular weight is 316 g/mol. The summed E-state index contributed by atoms with van der Waals surface area (Å²) in [5, 5.41) is 12.7. The molecule has 1 amide bonds. The normalized spacial score (nSPS) is 16.8. The minimum Gasteiger partial charge on any atom is -0.507 e. The fraction of sp³-hybridized carbons (Fsp3) is 0.417. The molecule has 0 unspecified atom stereocenters. The number of benzene rings is 1. The third-order valence-electron chi connectivity index (χ3n) is 2.76. The van der Waals surface area contributed by atoms with Crippen LogP contribution in [0.3, 0.4) is 0 Å². The van der Waals surface area contributed by atoms with Crippen molar-refractivity contribution >= 4 is 33.6 Å². The number of hydrogen-bond donors (Lipinski definition) is 2. The lowest BCUT2D eigenvalue weighted by molar-refractivity contribution is 0.0932. The molecule has 0 radical (unpaired) electrons. The van der Waals surface area contributed by atoms with Crippen molar-refractivity contribution in [3.05, 3.63) is 28.2 Å². The number of nitrogens with one attached hydrogen (secondary N) is 1. The monoisotopic (exact) mass is 315 g/mol. The van der Waals surface area contributed by atoms with Gasteiger partial charge in [0.15, 0.2) is 0 Å². The number of phenols is 1. The number of aromatic hydroxyl groups is 1. The number of carbonyl (C=O) groups excluding carboxylic acids is 1. The van der Waals surface area contributed by atoms with Crippen LogP contribution in [-0.4, -0.2) is 28.6 Å². The Kier molecular flexibility index (Phi) is 4.34. The van der Waals surface area contributed by atoms with Crippen LogP contribution in [0.5, 0.6) is 5.75 Å². The minimum atomic E-state index is -0.188. The van der Waals surface area contributed by atoms with Gasteiger partial charge >= 0.3 is 0 Å². The average Bonchev–Trinajstić information content (AvgIpc) is 2.30. The van der Waals surface area contributed by atoms with Crippen LogP contribution < -0.4 is 5.32 Å². The largest absolute Gasteiger partial charge is 0.507 e. The van der Waals surface area contributed by atoms with Gasteiger partial charge in [-0.15, -0.1) is 0 Å². The second kappa shape index (κ2) is 5.78. The van der Waals surface area contributed by atoms with Crippen LogP contribution in [0.2, 0.25) is 0 Å². The summed E-state index contributed by atoms with van der Waals surface area (Å²) in [6.45, 7) is 0. The van der Waals surface area contributed by atoms with Crippen molar-refractivity contribution in [2.45, 2.75) is 18.9 Å². The van der Waals surface area contributed by atoms with Crippen molar-refractivity contribution in [2.24, 2.45) is 0 Å². The Bertz CT molecular complexity index is 419. The van der Waals surface area contributed by atoms with Crippen LogP contribution in [0.4, 0.5) is 0 Å². The van der Waals surface area contributed by atoms with Crippen LogP contribution in [0, 0.1) is 0 Å². The molecule has 1 aliphatic rings. The molecule has 0 aromatic heterocycles. The summed E-state index contributed by atoms with van der Waals surface area (Å²) in [7, 11) is 0. The van der Waals surface area contributed by atoms with Gasteiger partial charge in [0.2, 0.25) is 0 Å². The van der Waals surface area contributed by atoms with E-state index in [1.165, 1.54) is 6.07 Å². The predicted octanol–water partition coefficient (Wildman–Crippen LogP) is 2.78. The van der Waals surface area contributed by atoms with Gasteiger partial charge in [-0.3, -0.25) is 4.79 Å². The van der Waals surface area contributed by atoms with E-state index in [1.54, 1.807) is 12.1 Å². The van der Waals surface area contributed by atoms with Gasteiger partial charge in [-0.2, -0.15) is 11.8 Å². The van der Waals surface area contributed by atoms with E-state index in [1.807, 2.05) is 11.8 Å². The Morgan fingerprint density at radius 2 is 2.12 bits per heavy atom. The smallest absolute Gasteiger partial charge is 0.255 e. The van der Waals surface area contributed by atoms with Crippen molar-refractivity contribution in [1.29, 1.82) is 0 Å². The molecule has 17 heavy (non-hydrogen) atoms. The van der Waals surface area contributed by atoms with Gasteiger partial charge in [-0.05, 0) is 42.5 Å². The summed E-state index contributed by atoms with van der Waals surface area (Å²) < 4.78 is 0.764. The standard InChI is InChI=1S/C12H14BrNO2S/c13-8-1-2-10(11(15)7-8)12(16)14-9-3-5-17-6-4-9/h1-2,7,9,15H,3-6H2,(H,14,16). The van der Waals surface area contributed by atoms with E-state index < -0.39 is 0 Å². The quantitative estimate of drug-likeness (QED) is 0.882. The zero-order valence-corrected chi connectivity index (χ0v) is 11.7. The van der Waals surface area contributed by atoms with Crippen molar-refractivity contribution in [3.8, 4) is 5.75 Å².